The Hall–Kier alpha value is -2.90. The van der Waals surface area contributed by atoms with E-state index in [0.717, 1.165) is 25.8 Å². The number of alkyl halides is 3. The van der Waals surface area contributed by atoms with Crippen molar-refractivity contribution < 1.29 is 22.4 Å². The van der Waals surface area contributed by atoms with Crippen molar-refractivity contribution in [2.75, 3.05) is 26.7 Å². The van der Waals surface area contributed by atoms with E-state index in [2.05, 4.69) is 10.3 Å². The van der Waals surface area contributed by atoms with E-state index in [-0.39, 0.29) is 24.4 Å². The standard InChI is InChI=1S/C16H14F3N3O.C6H12N2O.C2H6/c1-22-7-6-15(10-22,16(17,18)19)14-21-13(9-23-14)12-4-2-11(8-20)3-5-12;7-6(1-2-6)3-4-8-5-9;1-2/h2-5,9H,6-7,10H2,1H3;5H,1-4,7H2,(H,8,9);1-2H3. The van der Waals surface area contributed by atoms with Gasteiger partial charge in [-0.1, -0.05) is 26.0 Å². The lowest BCUT2D eigenvalue weighted by Crippen LogP contribution is -2.44. The van der Waals surface area contributed by atoms with E-state index >= 15 is 0 Å². The van der Waals surface area contributed by atoms with Gasteiger partial charge < -0.3 is 20.4 Å². The molecule has 186 valence electrons. The summed E-state index contributed by atoms with van der Waals surface area (Å²) in [6.07, 6.45) is 0.617. The minimum Gasteiger partial charge on any atom is -0.447 e. The molecule has 1 saturated carbocycles. The number of benzene rings is 1. The van der Waals surface area contributed by atoms with Crippen LogP contribution in [0.15, 0.2) is 34.9 Å². The number of carbonyl (C=O) groups is 1. The molecule has 2 fully saturated rings. The monoisotopic (exact) mass is 479 g/mol. The zero-order valence-electron chi connectivity index (χ0n) is 19.8. The Labute approximate surface area is 198 Å². The summed E-state index contributed by atoms with van der Waals surface area (Å²) in [5.41, 5.74) is 5.17. The molecule has 2 aromatic rings. The molecule has 1 amide bonds. The van der Waals surface area contributed by atoms with Crippen molar-refractivity contribution in [3.05, 3.63) is 42.0 Å². The Bertz CT molecular complexity index is 964. The first-order chi connectivity index (χ1) is 16.1. The van der Waals surface area contributed by atoms with Crippen LogP contribution in [0.3, 0.4) is 0 Å². The molecule has 7 nitrogen and oxygen atoms in total. The van der Waals surface area contributed by atoms with Crippen LogP contribution in [-0.2, 0) is 10.2 Å². The number of hydrogen-bond donors (Lipinski definition) is 2. The number of nitriles is 1. The minimum absolute atomic E-state index is 0.0691. The van der Waals surface area contributed by atoms with Crippen LogP contribution >= 0.6 is 0 Å². The topological polar surface area (TPSA) is 108 Å². The van der Waals surface area contributed by atoms with Crippen LogP contribution in [0.2, 0.25) is 0 Å². The summed E-state index contributed by atoms with van der Waals surface area (Å²) in [6.45, 7) is 4.90. The number of likely N-dealkylation sites (tertiary alicyclic amines) is 1. The lowest BCUT2D eigenvalue weighted by Gasteiger charge is -2.28. The fraction of sp³-hybridized carbons (Fsp3) is 0.542. The molecule has 1 aliphatic heterocycles. The fourth-order valence-electron chi connectivity index (χ4n) is 3.66. The molecule has 1 atom stereocenters. The van der Waals surface area contributed by atoms with Gasteiger partial charge in [0.1, 0.15) is 12.0 Å². The van der Waals surface area contributed by atoms with E-state index in [4.69, 9.17) is 15.4 Å². The van der Waals surface area contributed by atoms with E-state index in [1.54, 1.807) is 36.2 Å². The second-order valence-electron chi connectivity index (χ2n) is 8.48. The molecule has 1 aromatic carbocycles. The predicted molar refractivity (Wildman–Crippen MR) is 123 cm³/mol. The number of likely N-dealkylation sites (N-methyl/N-ethyl adjacent to an activating group) is 1. The zero-order valence-corrected chi connectivity index (χ0v) is 19.8. The van der Waals surface area contributed by atoms with Crippen molar-refractivity contribution in [2.24, 2.45) is 5.73 Å². The summed E-state index contributed by atoms with van der Waals surface area (Å²) in [7, 11) is 1.65. The van der Waals surface area contributed by atoms with Gasteiger partial charge in [0.25, 0.3) is 0 Å². The number of nitrogens with one attached hydrogen (secondary N) is 1. The lowest BCUT2D eigenvalue weighted by molar-refractivity contribution is -0.192. The number of aromatic nitrogens is 1. The number of nitrogens with zero attached hydrogens (tertiary/aromatic N) is 3. The van der Waals surface area contributed by atoms with Gasteiger partial charge in [-0.3, -0.25) is 4.79 Å². The normalized spacial score (nSPS) is 20.8. The highest BCUT2D eigenvalue weighted by Crippen LogP contribution is 2.47. The van der Waals surface area contributed by atoms with Crippen molar-refractivity contribution in [2.45, 2.75) is 56.7 Å². The Morgan fingerprint density at radius 3 is 2.38 bits per heavy atom. The highest BCUT2D eigenvalue weighted by Gasteiger charge is 2.61. The van der Waals surface area contributed by atoms with E-state index in [0.29, 0.717) is 29.8 Å². The van der Waals surface area contributed by atoms with Crippen LogP contribution in [0, 0.1) is 11.3 Å². The first-order valence-corrected chi connectivity index (χ1v) is 11.3. The molecule has 2 aliphatic rings. The maximum absolute atomic E-state index is 13.6. The number of hydrogen-bond acceptors (Lipinski definition) is 6. The van der Waals surface area contributed by atoms with Gasteiger partial charge in [0, 0.05) is 24.2 Å². The number of carbonyl (C=O) groups excluding carboxylic acids is 1. The molecule has 1 unspecified atom stereocenters. The number of rotatable bonds is 6. The Kier molecular flexibility index (Phi) is 9.24. The molecule has 34 heavy (non-hydrogen) atoms. The van der Waals surface area contributed by atoms with Crippen LogP contribution in [-0.4, -0.2) is 54.7 Å². The largest absolute Gasteiger partial charge is 0.447 e. The SMILES string of the molecule is CC.CN1CCC(c2nc(-c3ccc(C#N)cc3)co2)(C(F)(F)F)C1.NC1(CCNC=O)CC1. The van der Waals surface area contributed by atoms with Crippen LogP contribution in [0.1, 0.15) is 51.0 Å². The highest BCUT2D eigenvalue weighted by molar-refractivity contribution is 5.59. The molecular weight excluding hydrogens is 447 g/mol. The maximum Gasteiger partial charge on any atom is 0.404 e. The summed E-state index contributed by atoms with van der Waals surface area (Å²) in [4.78, 5) is 15.5. The number of oxazole rings is 1. The summed E-state index contributed by atoms with van der Waals surface area (Å²) in [6, 6.07) is 8.45. The fourth-order valence-corrected chi connectivity index (χ4v) is 3.66. The van der Waals surface area contributed by atoms with Crippen molar-refractivity contribution in [1.82, 2.24) is 15.2 Å². The molecule has 0 radical (unpaired) electrons. The van der Waals surface area contributed by atoms with Crippen LogP contribution in [0.25, 0.3) is 11.3 Å². The Morgan fingerprint density at radius 2 is 1.91 bits per heavy atom. The second kappa shape index (κ2) is 11.5. The average Bonchev–Trinajstić information content (AvgIpc) is 3.19. The summed E-state index contributed by atoms with van der Waals surface area (Å²) < 4.78 is 46.1. The molecule has 1 aliphatic carbocycles. The van der Waals surface area contributed by atoms with Gasteiger partial charge in [0.15, 0.2) is 5.41 Å². The van der Waals surface area contributed by atoms with Crippen molar-refractivity contribution >= 4 is 6.41 Å². The zero-order chi connectivity index (χ0) is 25.4. The number of halogens is 3. The second-order valence-corrected chi connectivity index (χ2v) is 8.48. The van der Waals surface area contributed by atoms with E-state index in [1.807, 2.05) is 19.9 Å². The van der Waals surface area contributed by atoms with Crippen molar-refractivity contribution in [3.63, 3.8) is 0 Å². The van der Waals surface area contributed by atoms with Crippen molar-refractivity contribution in [3.8, 4) is 17.3 Å². The van der Waals surface area contributed by atoms with Gasteiger partial charge in [0.05, 0.1) is 11.6 Å². The molecule has 0 spiro atoms. The molecule has 4 rings (SSSR count). The third kappa shape index (κ3) is 6.58. The third-order valence-electron chi connectivity index (χ3n) is 5.97. The molecule has 3 N–H and O–H groups in total. The lowest BCUT2D eigenvalue weighted by atomic mass is 9.86. The summed E-state index contributed by atoms with van der Waals surface area (Å²) >= 11 is 0. The average molecular weight is 480 g/mol. The van der Waals surface area contributed by atoms with Crippen LogP contribution < -0.4 is 11.1 Å². The van der Waals surface area contributed by atoms with Gasteiger partial charge in [-0.15, -0.1) is 0 Å². The van der Waals surface area contributed by atoms with Gasteiger partial charge >= 0.3 is 6.18 Å². The van der Waals surface area contributed by atoms with E-state index in [1.165, 1.54) is 6.26 Å². The first-order valence-electron chi connectivity index (χ1n) is 11.3. The van der Waals surface area contributed by atoms with E-state index in [9.17, 15) is 18.0 Å². The Balaban J connectivity index is 0.000000311. The van der Waals surface area contributed by atoms with Gasteiger partial charge in [-0.05, 0) is 51.4 Å². The van der Waals surface area contributed by atoms with Crippen LogP contribution in [0.5, 0.6) is 0 Å². The quantitative estimate of drug-likeness (QED) is 0.479. The Morgan fingerprint density at radius 1 is 1.26 bits per heavy atom. The van der Waals surface area contributed by atoms with Crippen molar-refractivity contribution in [1.29, 1.82) is 5.26 Å². The molecular formula is C24H32F3N5O2. The van der Waals surface area contributed by atoms with Gasteiger partial charge in [-0.2, -0.15) is 18.4 Å². The number of amides is 1. The minimum atomic E-state index is -4.43. The smallest absolute Gasteiger partial charge is 0.404 e. The van der Waals surface area contributed by atoms with Gasteiger partial charge in [0.2, 0.25) is 12.3 Å². The summed E-state index contributed by atoms with van der Waals surface area (Å²) in [5.74, 6) is -0.297. The molecule has 1 saturated heterocycles. The predicted octanol–water partition coefficient (Wildman–Crippen LogP) is 3.99. The summed E-state index contributed by atoms with van der Waals surface area (Å²) in [5, 5.41) is 11.4. The van der Waals surface area contributed by atoms with E-state index < -0.39 is 11.6 Å². The number of nitrogens with two attached hydrogens (primary N) is 1. The molecule has 2 heterocycles. The highest BCUT2D eigenvalue weighted by atomic mass is 19.4. The third-order valence-corrected chi connectivity index (χ3v) is 5.97. The molecule has 0 bridgehead atoms. The van der Waals surface area contributed by atoms with Crippen LogP contribution in [0.4, 0.5) is 13.2 Å². The first kappa shape index (κ1) is 27.3. The maximum atomic E-state index is 13.6. The molecule has 1 aromatic heterocycles. The van der Waals surface area contributed by atoms with Gasteiger partial charge in [-0.25, -0.2) is 4.98 Å². The molecule has 10 heteroatoms.